The molecule has 1 saturated carbocycles. The Bertz CT molecular complexity index is 545. The van der Waals surface area contributed by atoms with Crippen molar-refractivity contribution in [2.75, 3.05) is 34.4 Å². The monoisotopic (exact) mass is 396 g/mol. The first-order valence-electron chi connectivity index (χ1n) is 10.4. The molecule has 0 radical (unpaired) electrons. The van der Waals surface area contributed by atoms with Gasteiger partial charge in [0.1, 0.15) is 18.3 Å². The van der Waals surface area contributed by atoms with E-state index in [0.717, 1.165) is 51.5 Å². The number of hydrogen-bond acceptors (Lipinski definition) is 6. The Morgan fingerprint density at radius 2 is 1.89 bits per heavy atom. The smallest absolute Gasteiger partial charge is 0.316 e. The zero-order valence-corrected chi connectivity index (χ0v) is 17.8. The molecular formula is C21H36N2O5. The number of cyclic esters (lactones) is 1. The Kier molecular flexibility index (Phi) is 8.43. The van der Waals surface area contributed by atoms with E-state index in [-0.39, 0.29) is 23.5 Å². The molecule has 1 amide bonds. The lowest BCUT2D eigenvalue weighted by atomic mass is 9.78. The van der Waals surface area contributed by atoms with Crippen LogP contribution in [0.2, 0.25) is 0 Å². The first-order chi connectivity index (χ1) is 13.3. The van der Waals surface area contributed by atoms with Crippen molar-refractivity contribution in [2.45, 2.75) is 76.0 Å². The van der Waals surface area contributed by atoms with Gasteiger partial charge in [-0.25, -0.2) is 0 Å². The maximum atomic E-state index is 12.5. The van der Waals surface area contributed by atoms with E-state index in [0.29, 0.717) is 19.4 Å². The summed E-state index contributed by atoms with van der Waals surface area (Å²) in [5.41, 5.74) is -0.241. The van der Waals surface area contributed by atoms with Crippen LogP contribution in [0, 0.1) is 5.92 Å². The van der Waals surface area contributed by atoms with E-state index in [2.05, 4.69) is 11.9 Å². The fourth-order valence-corrected chi connectivity index (χ4v) is 4.42. The summed E-state index contributed by atoms with van der Waals surface area (Å²) in [5, 5.41) is 0. The van der Waals surface area contributed by atoms with Gasteiger partial charge >= 0.3 is 5.97 Å². The lowest BCUT2D eigenvalue weighted by molar-refractivity contribution is -0.156. The Morgan fingerprint density at radius 1 is 1.21 bits per heavy atom. The second-order valence-corrected chi connectivity index (χ2v) is 8.48. The molecule has 160 valence electrons. The minimum atomic E-state index is -0.738. The Hall–Kier alpha value is -1.47. The first-order valence-corrected chi connectivity index (χ1v) is 10.4. The summed E-state index contributed by atoms with van der Waals surface area (Å²) in [6.45, 7) is 2.82. The highest BCUT2D eigenvalue weighted by molar-refractivity contribution is 5.98. The van der Waals surface area contributed by atoms with Crippen LogP contribution in [0.3, 0.4) is 0 Å². The van der Waals surface area contributed by atoms with Crippen LogP contribution in [-0.4, -0.2) is 80.0 Å². The molecule has 0 aromatic rings. The molecule has 7 nitrogen and oxygen atoms in total. The van der Waals surface area contributed by atoms with Gasteiger partial charge in [-0.1, -0.05) is 0 Å². The molecule has 2 unspecified atom stereocenters. The molecular weight excluding hydrogens is 360 g/mol. The average molecular weight is 397 g/mol. The molecule has 0 aromatic carbocycles. The van der Waals surface area contributed by atoms with Gasteiger partial charge in [-0.05, 0) is 65.5 Å². The second kappa shape index (κ2) is 10.3. The first kappa shape index (κ1) is 22.8. The van der Waals surface area contributed by atoms with Gasteiger partial charge in [0.25, 0.3) is 0 Å². The van der Waals surface area contributed by atoms with Gasteiger partial charge in [-0.3, -0.25) is 19.3 Å². The molecule has 1 spiro atoms. The van der Waals surface area contributed by atoms with Crippen LogP contribution >= 0.6 is 0 Å². The second-order valence-electron chi connectivity index (χ2n) is 8.48. The third kappa shape index (κ3) is 5.54. The summed E-state index contributed by atoms with van der Waals surface area (Å²) in [6.07, 6.45) is 7.24. The zero-order valence-electron chi connectivity index (χ0n) is 17.8. The van der Waals surface area contributed by atoms with Crippen LogP contribution in [0.15, 0.2) is 0 Å². The number of nitrogens with zero attached hydrogens (tertiary/aromatic N) is 2. The van der Waals surface area contributed by atoms with Crippen LogP contribution in [0.5, 0.6) is 0 Å². The molecule has 2 rings (SSSR count). The third-order valence-electron chi connectivity index (χ3n) is 6.82. The van der Waals surface area contributed by atoms with Crippen molar-refractivity contribution in [3.63, 3.8) is 0 Å². The van der Waals surface area contributed by atoms with Gasteiger partial charge in [0, 0.05) is 26.6 Å². The van der Waals surface area contributed by atoms with E-state index in [4.69, 9.17) is 9.47 Å². The van der Waals surface area contributed by atoms with Gasteiger partial charge in [0.05, 0.1) is 11.6 Å². The van der Waals surface area contributed by atoms with Crippen molar-refractivity contribution in [2.24, 2.45) is 5.92 Å². The van der Waals surface area contributed by atoms with Crippen molar-refractivity contribution >= 4 is 18.2 Å². The van der Waals surface area contributed by atoms with Gasteiger partial charge < -0.3 is 14.4 Å². The van der Waals surface area contributed by atoms with E-state index in [1.807, 2.05) is 7.05 Å². The number of carbonyl (C=O) groups excluding carboxylic acids is 3. The molecule has 1 aliphatic carbocycles. The summed E-state index contributed by atoms with van der Waals surface area (Å²) in [5.74, 6) is -1.25. The Balaban J connectivity index is 2.14. The minimum Gasteiger partial charge on any atom is -0.463 e. The molecule has 1 saturated heterocycles. The van der Waals surface area contributed by atoms with Crippen LogP contribution in [0.4, 0.5) is 0 Å². The Morgan fingerprint density at radius 3 is 2.50 bits per heavy atom. The van der Waals surface area contributed by atoms with Crippen molar-refractivity contribution in [3.05, 3.63) is 0 Å². The molecule has 0 N–H and O–H groups in total. The fraction of sp³-hybridized carbons (Fsp3) is 0.857. The van der Waals surface area contributed by atoms with Gasteiger partial charge in [-0.15, -0.1) is 0 Å². The molecule has 7 heteroatoms. The standard InChI is InChI=1S/C21H36N2O5/c1-16-19(25)8-7-18(27-4)6-5-13-23(3)21(14-28-20(16)26)11-9-17(10-12-21)22(2)15-24/h15-18H,5-14H2,1-4H3. The maximum absolute atomic E-state index is 12.5. The predicted molar refractivity (Wildman–Crippen MR) is 106 cm³/mol. The highest BCUT2D eigenvalue weighted by Crippen LogP contribution is 2.35. The quantitative estimate of drug-likeness (QED) is 0.413. The number of ketones is 1. The number of amides is 1. The average Bonchev–Trinajstić information content (AvgIpc) is 2.72. The maximum Gasteiger partial charge on any atom is 0.316 e. The van der Waals surface area contributed by atoms with E-state index >= 15 is 0 Å². The number of esters is 1. The molecule has 2 atom stereocenters. The number of carbonyl (C=O) groups is 3. The summed E-state index contributed by atoms with van der Waals surface area (Å²) in [6, 6.07) is 0.232. The predicted octanol–water partition coefficient (Wildman–Crippen LogP) is 2.03. The van der Waals surface area contributed by atoms with Crippen molar-refractivity contribution in [1.29, 1.82) is 0 Å². The lowest BCUT2D eigenvalue weighted by Gasteiger charge is -2.47. The highest BCUT2D eigenvalue weighted by Gasteiger charge is 2.41. The molecule has 1 aliphatic heterocycles. The van der Waals surface area contributed by atoms with Crippen LogP contribution in [-0.2, 0) is 23.9 Å². The van der Waals surface area contributed by atoms with E-state index in [1.54, 1.807) is 18.9 Å². The van der Waals surface area contributed by atoms with E-state index in [9.17, 15) is 14.4 Å². The van der Waals surface area contributed by atoms with Gasteiger partial charge in [0.2, 0.25) is 6.41 Å². The van der Waals surface area contributed by atoms with Crippen molar-refractivity contribution < 1.29 is 23.9 Å². The van der Waals surface area contributed by atoms with E-state index < -0.39 is 11.9 Å². The third-order valence-corrected chi connectivity index (χ3v) is 6.82. The summed E-state index contributed by atoms with van der Waals surface area (Å²) in [7, 11) is 5.59. The fourth-order valence-electron chi connectivity index (χ4n) is 4.42. The van der Waals surface area contributed by atoms with Gasteiger partial charge in [-0.2, -0.15) is 0 Å². The number of hydrogen-bond donors (Lipinski definition) is 0. The van der Waals surface area contributed by atoms with Crippen LogP contribution in [0.25, 0.3) is 0 Å². The Labute approximate surface area is 168 Å². The summed E-state index contributed by atoms with van der Waals surface area (Å²) in [4.78, 5) is 40.0. The zero-order chi connectivity index (χ0) is 20.7. The molecule has 1 heterocycles. The SMILES string of the molecule is COC1CCCN(C)C2(CCC(N(C)C=O)CC2)COC(=O)C(C)C(=O)CC1. The van der Waals surface area contributed by atoms with E-state index in [1.165, 1.54) is 0 Å². The molecule has 2 aliphatic rings. The lowest BCUT2D eigenvalue weighted by Crippen LogP contribution is -2.55. The number of Topliss-reactive ketones (excluding diaryl/α,β-unsaturated/α-hetero) is 1. The molecule has 28 heavy (non-hydrogen) atoms. The van der Waals surface area contributed by atoms with Crippen molar-refractivity contribution in [1.82, 2.24) is 9.80 Å². The number of likely N-dealkylation sites (N-methyl/N-ethyl adjacent to an activating group) is 1. The molecule has 0 bridgehead atoms. The topological polar surface area (TPSA) is 76.2 Å². The number of methoxy groups -OCH3 is 1. The normalized spacial score (nSPS) is 34.1. The van der Waals surface area contributed by atoms with Crippen molar-refractivity contribution in [3.8, 4) is 0 Å². The van der Waals surface area contributed by atoms with Crippen LogP contribution < -0.4 is 0 Å². The minimum absolute atomic E-state index is 0.0363. The van der Waals surface area contributed by atoms with Crippen LogP contribution in [0.1, 0.15) is 58.3 Å². The molecule has 0 aromatic heterocycles. The largest absolute Gasteiger partial charge is 0.463 e. The summed E-state index contributed by atoms with van der Waals surface area (Å²) < 4.78 is 11.2. The van der Waals surface area contributed by atoms with Gasteiger partial charge in [0.15, 0.2) is 0 Å². The summed E-state index contributed by atoms with van der Waals surface area (Å²) >= 11 is 0. The molecule has 2 fully saturated rings. The number of ether oxygens (including phenoxy) is 2. The highest BCUT2D eigenvalue weighted by atomic mass is 16.5. The number of rotatable bonds is 3.